The maximum absolute atomic E-state index is 12.9. The molecule has 18 heavy (non-hydrogen) atoms. The monoisotopic (exact) mass is 273 g/mol. The number of benzene rings is 1. The molecule has 0 aliphatic heterocycles. The van der Waals surface area contributed by atoms with Crippen LogP contribution in [0.15, 0.2) is 24.3 Å². The molecule has 0 aromatic heterocycles. The van der Waals surface area contributed by atoms with Crippen LogP contribution in [-0.2, 0) is 16.3 Å². The number of halogens is 1. The predicted octanol–water partition coefficient (Wildman–Crippen LogP) is 1.78. The third kappa shape index (κ3) is 5.60. The average Bonchev–Trinajstić information content (AvgIpc) is 2.28. The Balaban J connectivity index is 2.34. The Morgan fingerprint density at radius 2 is 2.11 bits per heavy atom. The van der Waals surface area contributed by atoms with E-state index in [1.165, 1.54) is 12.1 Å². The van der Waals surface area contributed by atoms with Crippen LogP contribution in [-0.4, -0.2) is 32.5 Å². The summed E-state index contributed by atoms with van der Waals surface area (Å²) < 4.78 is 35.7. The first-order chi connectivity index (χ1) is 8.43. The standard InChI is InChI=1S/C13H20FNO2S/c1-3-18(16,17)10-11(2)15-8-7-12-5-4-6-13(14)9-12/h4-6,9,11,15H,3,7-8,10H2,1-2H3. The lowest BCUT2D eigenvalue weighted by Crippen LogP contribution is -2.34. The van der Waals surface area contributed by atoms with Crippen molar-refractivity contribution >= 4 is 9.84 Å². The van der Waals surface area contributed by atoms with Crippen LogP contribution >= 0.6 is 0 Å². The molecule has 1 atom stereocenters. The van der Waals surface area contributed by atoms with Gasteiger partial charge in [-0.25, -0.2) is 12.8 Å². The normalized spacial score (nSPS) is 13.5. The van der Waals surface area contributed by atoms with Crippen LogP contribution < -0.4 is 5.32 Å². The maximum atomic E-state index is 12.9. The van der Waals surface area contributed by atoms with Gasteiger partial charge in [0.15, 0.2) is 9.84 Å². The lowest BCUT2D eigenvalue weighted by atomic mass is 10.1. The van der Waals surface area contributed by atoms with Gasteiger partial charge >= 0.3 is 0 Å². The molecule has 0 saturated heterocycles. The number of rotatable bonds is 7. The molecule has 1 unspecified atom stereocenters. The van der Waals surface area contributed by atoms with Gasteiger partial charge in [0.05, 0.1) is 5.75 Å². The Bertz CT molecular complexity index is 474. The van der Waals surface area contributed by atoms with Crippen molar-refractivity contribution in [2.45, 2.75) is 26.3 Å². The Kier molecular flexibility index (Phi) is 5.75. The summed E-state index contributed by atoms with van der Waals surface area (Å²) in [5.41, 5.74) is 0.910. The van der Waals surface area contributed by atoms with Gasteiger partial charge in [0, 0.05) is 11.8 Å². The highest BCUT2D eigenvalue weighted by Crippen LogP contribution is 2.04. The van der Waals surface area contributed by atoms with Gasteiger partial charge in [-0.2, -0.15) is 0 Å². The highest BCUT2D eigenvalue weighted by Gasteiger charge is 2.12. The minimum Gasteiger partial charge on any atom is -0.313 e. The maximum Gasteiger partial charge on any atom is 0.151 e. The quantitative estimate of drug-likeness (QED) is 0.823. The summed E-state index contributed by atoms with van der Waals surface area (Å²) in [5, 5.41) is 3.14. The van der Waals surface area contributed by atoms with E-state index in [2.05, 4.69) is 5.32 Å². The zero-order valence-electron chi connectivity index (χ0n) is 10.8. The van der Waals surface area contributed by atoms with E-state index in [0.29, 0.717) is 13.0 Å². The van der Waals surface area contributed by atoms with E-state index in [9.17, 15) is 12.8 Å². The van der Waals surface area contributed by atoms with Gasteiger partial charge in [0.1, 0.15) is 5.82 Å². The number of sulfone groups is 1. The minimum atomic E-state index is -2.94. The summed E-state index contributed by atoms with van der Waals surface area (Å²) in [5.74, 6) is 0.0735. The first kappa shape index (κ1) is 15.1. The Morgan fingerprint density at radius 1 is 1.39 bits per heavy atom. The van der Waals surface area contributed by atoms with Gasteiger partial charge in [-0.15, -0.1) is 0 Å². The SMILES string of the molecule is CCS(=O)(=O)CC(C)NCCc1cccc(F)c1. The van der Waals surface area contributed by atoms with Crippen LogP contribution in [0, 0.1) is 5.82 Å². The minimum absolute atomic E-state index is 0.0801. The fraction of sp³-hybridized carbons (Fsp3) is 0.538. The molecule has 0 radical (unpaired) electrons. The molecule has 0 aliphatic rings. The van der Waals surface area contributed by atoms with E-state index in [0.717, 1.165) is 5.56 Å². The van der Waals surface area contributed by atoms with Crippen molar-refractivity contribution in [2.24, 2.45) is 0 Å². The molecule has 0 amide bonds. The third-order valence-electron chi connectivity index (χ3n) is 2.74. The van der Waals surface area contributed by atoms with Crippen LogP contribution in [0.4, 0.5) is 4.39 Å². The smallest absolute Gasteiger partial charge is 0.151 e. The van der Waals surface area contributed by atoms with Gasteiger partial charge < -0.3 is 5.32 Å². The summed E-state index contributed by atoms with van der Waals surface area (Å²) in [4.78, 5) is 0. The summed E-state index contributed by atoms with van der Waals surface area (Å²) in [7, 11) is -2.94. The molecule has 3 nitrogen and oxygen atoms in total. The highest BCUT2D eigenvalue weighted by atomic mass is 32.2. The van der Waals surface area contributed by atoms with Crippen LogP contribution in [0.3, 0.4) is 0 Å². The van der Waals surface area contributed by atoms with Crippen LogP contribution in [0.2, 0.25) is 0 Å². The topological polar surface area (TPSA) is 46.2 Å². The molecule has 1 rings (SSSR count). The van der Waals surface area contributed by atoms with Gasteiger partial charge in [-0.3, -0.25) is 0 Å². The van der Waals surface area contributed by atoms with Gasteiger partial charge in [0.25, 0.3) is 0 Å². The van der Waals surface area contributed by atoms with E-state index >= 15 is 0 Å². The first-order valence-corrected chi connectivity index (χ1v) is 7.93. The van der Waals surface area contributed by atoms with Crippen LogP contribution in [0.5, 0.6) is 0 Å². The van der Waals surface area contributed by atoms with E-state index in [4.69, 9.17) is 0 Å². The molecule has 0 aliphatic carbocycles. The molecule has 0 heterocycles. The van der Waals surface area contributed by atoms with Gasteiger partial charge in [0.2, 0.25) is 0 Å². The summed E-state index contributed by atoms with van der Waals surface area (Å²) in [6.45, 7) is 4.14. The zero-order chi connectivity index (χ0) is 13.6. The molecule has 1 aromatic carbocycles. The summed E-state index contributed by atoms with van der Waals surface area (Å²) in [6, 6.07) is 6.36. The van der Waals surface area contributed by atoms with Gasteiger partial charge in [-0.05, 0) is 37.6 Å². The fourth-order valence-electron chi connectivity index (χ4n) is 1.71. The molecule has 1 N–H and O–H groups in total. The second kappa shape index (κ2) is 6.85. The zero-order valence-corrected chi connectivity index (χ0v) is 11.6. The lowest BCUT2D eigenvalue weighted by Gasteiger charge is -2.13. The first-order valence-electron chi connectivity index (χ1n) is 6.11. The van der Waals surface area contributed by atoms with E-state index < -0.39 is 9.84 Å². The lowest BCUT2D eigenvalue weighted by molar-refractivity contribution is 0.558. The van der Waals surface area contributed by atoms with Gasteiger partial charge in [-0.1, -0.05) is 19.1 Å². The number of nitrogens with one attached hydrogen (secondary N) is 1. The molecule has 102 valence electrons. The molecule has 5 heteroatoms. The molecule has 1 aromatic rings. The predicted molar refractivity (Wildman–Crippen MR) is 71.9 cm³/mol. The highest BCUT2D eigenvalue weighted by molar-refractivity contribution is 7.91. The van der Waals surface area contributed by atoms with Crippen molar-refractivity contribution in [3.05, 3.63) is 35.6 Å². The molecule has 0 spiro atoms. The Hall–Kier alpha value is -0.940. The average molecular weight is 273 g/mol. The second-order valence-corrected chi connectivity index (χ2v) is 6.83. The van der Waals surface area contributed by atoms with E-state index in [1.54, 1.807) is 13.0 Å². The van der Waals surface area contributed by atoms with Crippen molar-refractivity contribution in [3.63, 3.8) is 0 Å². The van der Waals surface area contributed by atoms with Crippen LogP contribution in [0.25, 0.3) is 0 Å². The second-order valence-electron chi connectivity index (χ2n) is 4.43. The van der Waals surface area contributed by atoms with E-state index in [-0.39, 0.29) is 23.4 Å². The molecule has 0 fully saturated rings. The van der Waals surface area contributed by atoms with Crippen molar-refractivity contribution in [2.75, 3.05) is 18.1 Å². The molecule has 0 bridgehead atoms. The summed E-state index contributed by atoms with van der Waals surface area (Å²) in [6.07, 6.45) is 0.689. The van der Waals surface area contributed by atoms with Crippen molar-refractivity contribution < 1.29 is 12.8 Å². The molecule has 0 saturated carbocycles. The van der Waals surface area contributed by atoms with Crippen molar-refractivity contribution in [3.8, 4) is 0 Å². The number of hydrogen-bond acceptors (Lipinski definition) is 3. The van der Waals surface area contributed by atoms with Crippen molar-refractivity contribution in [1.82, 2.24) is 5.32 Å². The Morgan fingerprint density at radius 3 is 2.72 bits per heavy atom. The van der Waals surface area contributed by atoms with Crippen LogP contribution in [0.1, 0.15) is 19.4 Å². The largest absolute Gasteiger partial charge is 0.313 e. The number of hydrogen-bond donors (Lipinski definition) is 1. The fourth-order valence-corrected chi connectivity index (χ4v) is 2.83. The van der Waals surface area contributed by atoms with Crippen molar-refractivity contribution in [1.29, 1.82) is 0 Å². The molecular weight excluding hydrogens is 253 g/mol. The van der Waals surface area contributed by atoms with E-state index in [1.807, 2.05) is 13.0 Å². The summed E-state index contributed by atoms with van der Waals surface area (Å²) >= 11 is 0. The third-order valence-corrected chi connectivity index (χ3v) is 4.63. The molecular formula is C13H20FNO2S. The Labute approximate surface area is 108 Å².